The van der Waals surface area contributed by atoms with Gasteiger partial charge in [0.15, 0.2) is 0 Å². The van der Waals surface area contributed by atoms with Crippen molar-refractivity contribution in [1.29, 1.82) is 5.26 Å². The van der Waals surface area contributed by atoms with Crippen LogP contribution < -0.4 is 9.47 Å². The van der Waals surface area contributed by atoms with Crippen molar-refractivity contribution < 1.29 is 19.0 Å². The Morgan fingerprint density at radius 2 is 1.94 bits per heavy atom. The number of hydrogen-bond donors (Lipinski definition) is 1. The molecule has 1 atom stereocenters. The van der Waals surface area contributed by atoms with E-state index < -0.39 is 11.9 Å². The summed E-state index contributed by atoms with van der Waals surface area (Å²) in [5, 5.41) is 21.2. The lowest BCUT2D eigenvalue weighted by Crippen LogP contribution is -2.09. The molecule has 0 saturated heterocycles. The number of hydrogen-bond acceptors (Lipinski definition) is 6. The summed E-state index contributed by atoms with van der Waals surface area (Å²) in [4.78, 5) is 9.08. The number of allylic oxidation sites excluding steroid dienone is 1. The summed E-state index contributed by atoms with van der Waals surface area (Å²) in [6.45, 7) is 5.92. The molecule has 2 aromatic heterocycles. The van der Waals surface area contributed by atoms with E-state index in [-0.39, 0.29) is 12.5 Å². The molecule has 0 spiro atoms. The number of halogens is 1. The number of methoxy groups -OCH3 is 1. The van der Waals surface area contributed by atoms with Crippen LogP contribution in [0.1, 0.15) is 66.4 Å². The second-order valence-electron chi connectivity index (χ2n) is 9.04. The molecular formula is C28H25FN4O3. The topological polar surface area (TPSA) is 92.7 Å². The van der Waals surface area contributed by atoms with Crippen LogP contribution in [0.5, 0.6) is 11.6 Å². The zero-order valence-electron chi connectivity index (χ0n) is 20.4. The Balaban J connectivity index is 1.65. The van der Waals surface area contributed by atoms with E-state index in [2.05, 4.69) is 16.0 Å². The highest BCUT2D eigenvalue weighted by molar-refractivity contribution is 5.88. The summed E-state index contributed by atoms with van der Waals surface area (Å²) >= 11 is 0. The molecule has 0 saturated carbocycles. The van der Waals surface area contributed by atoms with Gasteiger partial charge in [0, 0.05) is 35.0 Å². The molecule has 0 fully saturated rings. The van der Waals surface area contributed by atoms with E-state index in [1.54, 1.807) is 36.8 Å². The molecule has 1 aliphatic rings. The summed E-state index contributed by atoms with van der Waals surface area (Å²) in [7, 11) is 1.54. The lowest BCUT2D eigenvalue weighted by Gasteiger charge is -2.17. The minimum Gasteiger partial charge on any atom is -0.488 e. The highest BCUT2D eigenvalue weighted by Gasteiger charge is 2.27. The molecule has 0 bridgehead atoms. The first kappa shape index (κ1) is 23.5. The van der Waals surface area contributed by atoms with Gasteiger partial charge in [-0.1, -0.05) is 26.0 Å². The van der Waals surface area contributed by atoms with E-state index in [4.69, 9.17) is 9.47 Å². The number of aromatic nitrogens is 3. The maximum absolute atomic E-state index is 14.0. The summed E-state index contributed by atoms with van der Waals surface area (Å²) in [5.74, 6) is 0.890. The fourth-order valence-electron chi connectivity index (χ4n) is 4.65. The van der Waals surface area contributed by atoms with Crippen molar-refractivity contribution in [3.8, 4) is 17.7 Å². The number of aliphatic hydroxyl groups is 1. The van der Waals surface area contributed by atoms with Gasteiger partial charge in [0.2, 0.25) is 11.7 Å². The van der Waals surface area contributed by atoms with Crippen LogP contribution in [0.15, 0.2) is 54.2 Å². The first-order valence-electron chi connectivity index (χ1n) is 11.6. The molecule has 1 aliphatic heterocycles. The van der Waals surface area contributed by atoms with Crippen molar-refractivity contribution in [2.45, 2.75) is 39.4 Å². The first-order valence-corrected chi connectivity index (χ1v) is 11.6. The molecule has 182 valence electrons. The van der Waals surface area contributed by atoms with Gasteiger partial charge in [0.1, 0.15) is 24.3 Å². The second kappa shape index (κ2) is 9.10. The van der Waals surface area contributed by atoms with Gasteiger partial charge in [-0.2, -0.15) is 10.2 Å². The molecule has 2 aromatic carbocycles. The molecular weight excluding hydrogens is 459 g/mol. The average molecular weight is 485 g/mol. The zero-order valence-corrected chi connectivity index (χ0v) is 20.4. The summed E-state index contributed by atoms with van der Waals surface area (Å²) in [5.41, 5.74) is 5.44. The minimum absolute atomic E-state index is 0.0451. The van der Waals surface area contributed by atoms with E-state index in [0.29, 0.717) is 45.4 Å². The fraction of sp³-hybridized carbons (Fsp3) is 0.250. The number of nitriles is 1. The van der Waals surface area contributed by atoms with Crippen LogP contribution in [0.2, 0.25) is 0 Å². The normalized spacial score (nSPS) is 14.9. The lowest BCUT2D eigenvalue weighted by atomic mass is 9.89. The molecule has 5 rings (SSSR count). The predicted molar refractivity (Wildman–Crippen MR) is 132 cm³/mol. The SMILES string of the molecule is COc1ccn2c(C(O)c3ccc4c(c3)COc3cc(F)ccc3/C4=C(/C)C#N)c(C(C)C)nc2n1. The van der Waals surface area contributed by atoms with Gasteiger partial charge in [-0.3, -0.25) is 4.40 Å². The quantitative estimate of drug-likeness (QED) is 0.394. The summed E-state index contributed by atoms with van der Waals surface area (Å²) in [6, 6.07) is 13.8. The molecule has 0 amide bonds. The molecule has 36 heavy (non-hydrogen) atoms. The maximum atomic E-state index is 14.0. The molecule has 0 aliphatic carbocycles. The van der Waals surface area contributed by atoms with E-state index in [1.165, 1.54) is 12.1 Å². The van der Waals surface area contributed by atoms with Gasteiger partial charge < -0.3 is 14.6 Å². The van der Waals surface area contributed by atoms with Crippen LogP contribution in [-0.2, 0) is 6.61 Å². The van der Waals surface area contributed by atoms with Crippen LogP contribution in [0.25, 0.3) is 11.4 Å². The number of aliphatic hydroxyl groups excluding tert-OH is 1. The standard InChI is InChI=1S/C28H25FN4O3/c1-15(2)25-26(33-10-9-23(35-4)31-28(33)32-25)27(34)17-5-7-20-18(11-17)14-36-22-12-19(29)6-8-21(22)24(20)16(3)13-30/h5-12,15,27,34H,14H2,1-4H3/b24-16-. The van der Waals surface area contributed by atoms with Crippen LogP contribution in [0, 0.1) is 17.1 Å². The fourth-order valence-corrected chi connectivity index (χ4v) is 4.65. The average Bonchev–Trinajstić information content (AvgIpc) is 3.19. The van der Waals surface area contributed by atoms with Gasteiger partial charge in [-0.05, 0) is 47.7 Å². The van der Waals surface area contributed by atoms with Crippen molar-refractivity contribution >= 4 is 11.4 Å². The van der Waals surface area contributed by atoms with Gasteiger partial charge in [0.25, 0.3) is 0 Å². The predicted octanol–water partition coefficient (Wildman–Crippen LogP) is 5.32. The molecule has 4 aromatic rings. The first-order chi connectivity index (χ1) is 17.3. The number of ether oxygens (including phenoxy) is 2. The molecule has 1 unspecified atom stereocenters. The third kappa shape index (κ3) is 3.88. The van der Waals surface area contributed by atoms with Gasteiger partial charge in [0.05, 0.1) is 24.6 Å². The number of fused-ring (bicyclic) bond motifs is 3. The van der Waals surface area contributed by atoms with E-state index in [9.17, 15) is 14.8 Å². The molecule has 0 radical (unpaired) electrons. The number of benzene rings is 2. The molecule has 8 heteroatoms. The van der Waals surface area contributed by atoms with Gasteiger partial charge in [-0.25, -0.2) is 9.37 Å². The molecule has 1 N–H and O–H groups in total. The van der Waals surface area contributed by atoms with Crippen molar-refractivity contribution in [3.05, 3.63) is 93.7 Å². The van der Waals surface area contributed by atoms with Gasteiger partial charge in [-0.15, -0.1) is 0 Å². The highest BCUT2D eigenvalue weighted by Crippen LogP contribution is 2.40. The van der Waals surface area contributed by atoms with Crippen LogP contribution >= 0.6 is 0 Å². The van der Waals surface area contributed by atoms with Crippen LogP contribution in [-0.4, -0.2) is 26.6 Å². The van der Waals surface area contributed by atoms with Crippen molar-refractivity contribution in [1.82, 2.24) is 14.4 Å². The van der Waals surface area contributed by atoms with Crippen molar-refractivity contribution in [2.75, 3.05) is 7.11 Å². The van der Waals surface area contributed by atoms with E-state index in [1.807, 2.05) is 32.0 Å². The summed E-state index contributed by atoms with van der Waals surface area (Å²) in [6.07, 6.45) is 0.790. The van der Waals surface area contributed by atoms with E-state index >= 15 is 0 Å². The Kier molecular flexibility index (Phi) is 5.94. The smallest absolute Gasteiger partial charge is 0.237 e. The monoisotopic (exact) mass is 484 g/mol. The lowest BCUT2D eigenvalue weighted by molar-refractivity contribution is 0.212. The van der Waals surface area contributed by atoms with E-state index in [0.717, 1.165) is 16.8 Å². The zero-order chi connectivity index (χ0) is 25.6. The number of rotatable bonds is 4. The summed E-state index contributed by atoms with van der Waals surface area (Å²) < 4.78 is 26.9. The highest BCUT2D eigenvalue weighted by atomic mass is 19.1. The van der Waals surface area contributed by atoms with Gasteiger partial charge >= 0.3 is 0 Å². The Hall–Kier alpha value is -4.22. The van der Waals surface area contributed by atoms with Crippen LogP contribution in [0.3, 0.4) is 0 Å². The number of nitrogens with zero attached hydrogens (tertiary/aromatic N) is 4. The Morgan fingerprint density at radius 3 is 2.67 bits per heavy atom. The Labute approximate surface area is 208 Å². The second-order valence-corrected chi connectivity index (χ2v) is 9.04. The van der Waals surface area contributed by atoms with Crippen molar-refractivity contribution in [2.24, 2.45) is 0 Å². The molecule has 7 nitrogen and oxygen atoms in total. The maximum Gasteiger partial charge on any atom is 0.237 e. The number of imidazole rings is 1. The minimum atomic E-state index is -0.995. The van der Waals surface area contributed by atoms with Crippen LogP contribution in [0.4, 0.5) is 4.39 Å². The third-order valence-electron chi connectivity index (χ3n) is 6.40. The Bertz CT molecular complexity index is 1570. The largest absolute Gasteiger partial charge is 0.488 e. The van der Waals surface area contributed by atoms with Crippen molar-refractivity contribution in [3.63, 3.8) is 0 Å². The molecule has 3 heterocycles. The third-order valence-corrected chi connectivity index (χ3v) is 6.40. The Morgan fingerprint density at radius 1 is 1.17 bits per heavy atom.